The summed E-state index contributed by atoms with van der Waals surface area (Å²) in [6, 6.07) is 14.9. The van der Waals surface area contributed by atoms with Crippen LogP contribution in [-0.2, 0) is 10.0 Å². The van der Waals surface area contributed by atoms with E-state index in [0.717, 1.165) is 33.3 Å². The van der Waals surface area contributed by atoms with Gasteiger partial charge in [0.1, 0.15) is 6.07 Å². The lowest BCUT2D eigenvalue weighted by Crippen LogP contribution is -2.27. The number of aromatic amines is 1. The molecule has 0 fully saturated rings. The van der Waals surface area contributed by atoms with Crippen LogP contribution in [0.5, 0.6) is 0 Å². The van der Waals surface area contributed by atoms with Gasteiger partial charge < -0.3 is 10.3 Å². The van der Waals surface area contributed by atoms with E-state index in [9.17, 15) is 13.7 Å². The minimum absolute atomic E-state index is 0.223. The molecule has 2 heterocycles. The second-order valence-corrected chi connectivity index (χ2v) is 10.5. The molecule has 4 aromatic rings. The lowest BCUT2D eigenvalue weighted by atomic mass is 10.1. The van der Waals surface area contributed by atoms with Gasteiger partial charge in [-0.1, -0.05) is 38.1 Å². The Morgan fingerprint density at radius 1 is 1.09 bits per heavy atom. The second-order valence-electron chi connectivity index (χ2n) is 8.71. The van der Waals surface area contributed by atoms with Crippen molar-refractivity contribution in [2.24, 2.45) is 5.92 Å². The maximum absolute atomic E-state index is 12.4. The first-order valence-corrected chi connectivity index (χ1v) is 12.8. The van der Waals surface area contributed by atoms with Crippen LogP contribution in [0.3, 0.4) is 0 Å². The van der Waals surface area contributed by atoms with E-state index in [0.29, 0.717) is 17.8 Å². The van der Waals surface area contributed by atoms with Crippen molar-refractivity contribution in [3.05, 3.63) is 83.3 Å². The quantitative estimate of drug-likeness (QED) is 0.301. The lowest BCUT2D eigenvalue weighted by Gasteiger charge is -2.14. The van der Waals surface area contributed by atoms with Crippen LogP contribution in [0.25, 0.3) is 23.1 Å². The number of anilines is 2. The third-order valence-electron chi connectivity index (χ3n) is 5.69. The zero-order chi connectivity index (χ0) is 25.0. The summed E-state index contributed by atoms with van der Waals surface area (Å²) in [4.78, 5) is 7.64. The summed E-state index contributed by atoms with van der Waals surface area (Å²) in [5.74, 6) is 0.223. The van der Waals surface area contributed by atoms with Crippen molar-refractivity contribution in [1.29, 1.82) is 5.26 Å². The Bertz CT molecular complexity index is 1530. The molecule has 0 atom stereocenters. The maximum atomic E-state index is 12.4. The number of hydrogen-bond acceptors (Lipinski definition) is 5. The van der Waals surface area contributed by atoms with Gasteiger partial charge in [0.05, 0.1) is 16.1 Å². The molecule has 0 amide bonds. The Morgan fingerprint density at radius 2 is 1.86 bits per heavy atom. The Kier molecular flexibility index (Phi) is 7.01. The third-order valence-corrected chi connectivity index (χ3v) is 7.13. The number of nitriles is 1. The first kappa shape index (κ1) is 24.2. The molecule has 2 aromatic carbocycles. The summed E-state index contributed by atoms with van der Waals surface area (Å²) in [7, 11) is -3.54. The molecular weight excluding hydrogens is 458 g/mol. The molecule has 0 saturated heterocycles. The highest BCUT2D eigenvalue weighted by Crippen LogP contribution is 2.31. The number of pyridine rings is 1. The zero-order valence-corrected chi connectivity index (χ0v) is 20.6. The van der Waals surface area contributed by atoms with E-state index < -0.39 is 10.0 Å². The summed E-state index contributed by atoms with van der Waals surface area (Å²) < 4.78 is 27.5. The van der Waals surface area contributed by atoms with E-state index in [1.54, 1.807) is 30.5 Å². The van der Waals surface area contributed by atoms with E-state index in [2.05, 4.69) is 26.1 Å². The van der Waals surface area contributed by atoms with Gasteiger partial charge in [-0.3, -0.25) is 4.98 Å². The molecule has 0 unspecified atom stereocenters. The number of benzene rings is 2. The molecule has 35 heavy (non-hydrogen) atoms. The fourth-order valence-corrected chi connectivity index (χ4v) is 4.90. The highest BCUT2D eigenvalue weighted by Gasteiger charge is 2.14. The molecule has 0 bridgehead atoms. The number of H-pyrrole nitrogens is 1. The maximum Gasteiger partial charge on any atom is 0.240 e. The predicted octanol–water partition coefficient (Wildman–Crippen LogP) is 5.59. The van der Waals surface area contributed by atoms with Crippen LogP contribution in [0, 0.1) is 24.2 Å². The number of nitrogens with one attached hydrogen (secondary N) is 3. The van der Waals surface area contributed by atoms with Crippen LogP contribution in [0.15, 0.2) is 66.0 Å². The number of sulfonamides is 1. The van der Waals surface area contributed by atoms with Gasteiger partial charge in [0, 0.05) is 47.3 Å². The van der Waals surface area contributed by atoms with Crippen molar-refractivity contribution in [2.45, 2.75) is 25.7 Å². The number of hydrogen-bond donors (Lipinski definition) is 3. The van der Waals surface area contributed by atoms with Crippen LogP contribution in [0.2, 0.25) is 0 Å². The van der Waals surface area contributed by atoms with Crippen LogP contribution in [0.4, 0.5) is 11.4 Å². The smallest absolute Gasteiger partial charge is 0.240 e. The molecule has 4 rings (SSSR count). The molecule has 2 aromatic heterocycles. The first-order chi connectivity index (χ1) is 16.8. The third kappa shape index (κ3) is 5.43. The number of fused-ring (bicyclic) bond motifs is 1. The van der Waals surface area contributed by atoms with Crippen molar-refractivity contribution < 1.29 is 8.42 Å². The van der Waals surface area contributed by atoms with Gasteiger partial charge in [-0.25, -0.2) is 13.1 Å². The number of rotatable bonds is 8. The molecule has 0 spiro atoms. The largest absolute Gasteiger partial charge is 0.361 e. The summed E-state index contributed by atoms with van der Waals surface area (Å²) in [6.07, 6.45) is 8.86. The average Bonchev–Trinajstić information content (AvgIpc) is 3.34. The fraction of sp³-hybridized carbons (Fsp3) is 0.185. The molecule has 7 nitrogen and oxygen atoms in total. The number of aromatic nitrogens is 2. The molecule has 0 aliphatic rings. The van der Waals surface area contributed by atoms with E-state index in [1.165, 1.54) is 6.20 Å². The summed E-state index contributed by atoms with van der Waals surface area (Å²) in [6.45, 7) is 6.33. The van der Waals surface area contributed by atoms with Crippen molar-refractivity contribution in [1.82, 2.24) is 14.7 Å². The highest BCUT2D eigenvalue weighted by molar-refractivity contribution is 7.89. The molecular formula is C27H27N5O2S. The molecule has 0 radical (unpaired) electrons. The summed E-state index contributed by atoms with van der Waals surface area (Å²) >= 11 is 0. The topological polar surface area (TPSA) is 111 Å². The van der Waals surface area contributed by atoms with Crippen LogP contribution >= 0.6 is 0 Å². The minimum atomic E-state index is -3.54. The predicted molar refractivity (Wildman–Crippen MR) is 141 cm³/mol. The SMILES string of the molecule is Cc1c(Nc2c(C#N)cncc2C=Cc2ccc(S(=O)(=O)NCC(C)C)cc2)ccc2[nH]ccc12. The zero-order valence-electron chi connectivity index (χ0n) is 19.8. The van der Waals surface area contributed by atoms with Gasteiger partial charge in [0.2, 0.25) is 10.0 Å². The highest BCUT2D eigenvalue weighted by atomic mass is 32.2. The summed E-state index contributed by atoms with van der Waals surface area (Å²) in [5, 5.41) is 14.2. The van der Waals surface area contributed by atoms with E-state index in [1.807, 2.05) is 57.3 Å². The second kappa shape index (κ2) is 10.1. The van der Waals surface area contributed by atoms with Gasteiger partial charge in [-0.05, 0) is 54.3 Å². The van der Waals surface area contributed by atoms with Crippen molar-refractivity contribution in [2.75, 3.05) is 11.9 Å². The van der Waals surface area contributed by atoms with E-state index >= 15 is 0 Å². The van der Waals surface area contributed by atoms with Gasteiger partial charge in [0.25, 0.3) is 0 Å². The molecule has 3 N–H and O–H groups in total. The van der Waals surface area contributed by atoms with E-state index in [4.69, 9.17) is 0 Å². The number of nitrogens with zero attached hydrogens (tertiary/aromatic N) is 2. The molecule has 178 valence electrons. The standard InChI is InChI=1S/C27H27N5O2S/c1-18(2)15-31-35(33,34)23-8-5-20(6-9-23)4-7-21-16-29-17-22(14-28)27(21)32-25-10-11-26-24(19(25)3)12-13-30-26/h4-13,16-18,30-31H,15H2,1-3H3,(H,29,32). The Labute approximate surface area is 205 Å². The van der Waals surface area contributed by atoms with Crippen molar-refractivity contribution in [3.63, 3.8) is 0 Å². The fourth-order valence-electron chi connectivity index (χ4n) is 3.69. The average molecular weight is 486 g/mol. The number of aryl methyl sites for hydroxylation is 1. The van der Waals surface area contributed by atoms with Gasteiger partial charge >= 0.3 is 0 Å². The Morgan fingerprint density at radius 3 is 2.57 bits per heavy atom. The summed E-state index contributed by atoms with van der Waals surface area (Å²) in [5.41, 5.74) is 5.68. The van der Waals surface area contributed by atoms with Crippen LogP contribution < -0.4 is 10.0 Å². The molecule has 0 saturated carbocycles. The van der Waals surface area contributed by atoms with Gasteiger partial charge in [-0.2, -0.15) is 5.26 Å². The Hall–Kier alpha value is -3.93. The molecule has 0 aliphatic carbocycles. The molecule has 8 heteroatoms. The van der Waals surface area contributed by atoms with Gasteiger partial charge in [-0.15, -0.1) is 0 Å². The normalized spacial score (nSPS) is 11.9. The monoisotopic (exact) mass is 485 g/mol. The Balaban J connectivity index is 1.61. The van der Waals surface area contributed by atoms with Gasteiger partial charge in [0.15, 0.2) is 0 Å². The minimum Gasteiger partial charge on any atom is -0.361 e. The van der Waals surface area contributed by atoms with Crippen molar-refractivity contribution in [3.8, 4) is 6.07 Å². The van der Waals surface area contributed by atoms with Crippen LogP contribution in [-0.4, -0.2) is 24.9 Å². The molecule has 0 aliphatic heterocycles. The lowest BCUT2D eigenvalue weighted by molar-refractivity contribution is 0.560. The van der Waals surface area contributed by atoms with E-state index in [-0.39, 0.29) is 10.8 Å². The first-order valence-electron chi connectivity index (χ1n) is 11.3. The van der Waals surface area contributed by atoms with Crippen molar-refractivity contribution >= 4 is 44.5 Å². The van der Waals surface area contributed by atoms with Crippen LogP contribution in [0.1, 0.15) is 36.1 Å².